The van der Waals surface area contributed by atoms with Gasteiger partial charge < -0.3 is 0 Å². The summed E-state index contributed by atoms with van der Waals surface area (Å²) in [6.45, 7) is 3.22. The van der Waals surface area contributed by atoms with Gasteiger partial charge in [0.2, 0.25) is 0 Å². The molecular weight excluding hydrogens is 538 g/mol. The van der Waals surface area contributed by atoms with Gasteiger partial charge in [-0.25, -0.2) is 0 Å². The number of hydrogen-bond donors (Lipinski definition) is 2. The Morgan fingerprint density at radius 2 is 1.83 bits per heavy atom. The zero-order valence-electron chi connectivity index (χ0n) is 19.5. The molecular formula is C23H27N5O4STi2. The molecule has 5 rings (SSSR count). The van der Waals surface area contributed by atoms with Gasteiger partial charge in [-0.1, -0.05) is 0 Å². The van der Waals surface area contributed by atoms with Crippen molar-refractivity contribution in [2.75, 3.05) is 29.1 Å². The van der Waals surface area contributed by atoms with Gasteiger partial charge in [-0.15, -0.1) is 0 Å². The summed E-state index contributed by atoms with van der Waals surface area (Å²) >= 11 is -8.58. The van der Waals surface area contributed by atoms with E-state index in [1.165, 1.54) is 0 Å². The van der Waals surface area contributed by atoms with E-state index in [-0.39, 0.29) is 17.8 Å². The van der Waals surface area contributed by atoms with Crippen LogP contribution >= 0.6 is 5.20 Å². The molecule has 1 saturated carbocycles. The molecule has 2 aliphatic rings. The van der Waals surface area contributed by atoms with Crippen LogP contribution in [0.3, 0.4) is 0 Å². The Hall–Kier alpha value is -1.68. The zero-order chi connectivity index (χ0) is 24.8. The number of benzene rings is 2. The van der Waals surface area contributed by atoms with Crippen molar-refractivity contribution in [1.82, 2.24) is 9.97 Å². The molecule has 0 bridgehead atoms. The second kappa shape index (κ2) is 9.65. The van der Waals surface area contributed by atoms with Crippen LogP contribution in [0.2, 0.25) is 0 Å². The van der Waals surface area contributed by atoms with Gasteiger partial charge in [0.05, 0.1) is 0 Å². The van der Waals surface area contributed by atoms with Gasteiger partial charge in [0, 0.05) is 0 Å². The number of fused-ring (bicyclic) bond motifs is 2. The van der Waals surface area contributed by atoms with Crippen LogP contribution in [-0.2, 0) is 52.9 Å². The molecule has 0 unspecified atom stereocenters. The zero-order valence-corrected chi connectivity index (χ0v) is 23.4. The van der Waals surface area contributed by atoms with Gasteiger partial charge in [-0.05, 0) is 0 Å². The molecule has 9 nitrogen and oxygen atoms in total. The van der Waals surface area contributed by atoms with Crippen LogP contribution in [0.1, 0.15) is 30.4 Å². The molecule has 35 heavy (non-hydrogen) atoms. The van der Waals surface area contributed by atoms with E-state index in [0.717, 1.165) is 35.7 Å². The quantitative estimate of drug-likeness (QED) is 0.427. The predicted molar refractivity (Wildman–Crippen MR) is 124 cm³/mol. The summed E-state index contributed by atoms with van der Waals surface area (Å²) in [4.78, 5) is 12.0. The molecule has 2 heterocycles. The predicted octanol–water partition coefficient (Wildman–Crippen LogP) is 3.86. The van der Waals surface area contributed by atoms with Crippen molar-refractivity contribution in [2.45, 2.75) is 43.2 Å². The number of nitrogens with zero attached hydrogens (tertiary/aromatic N) is 3. The van der Waals surface area contributed by atoms with Crippen LogP contribution in [0.4, 0.5) is 11.8 Å². The fourth-order valence-corrected chi connectivity index (χ4v) is 16.4. The summed E-state index contributed by atoms with van der Waals surface area (Å²) in [5.41, 5.74) is 8.77. The second-order valence-corrected chi connectivity index (χ2v) is 25.6. The van der Waals surface area contributed by atoms with E-state index >= 15 is 0 Å². The van der Waals surface area contributed by atoms with Crippen LogP contribution in [-0.4, -0.2) is 34.3 Å². The van der Waals surface area contributed by atoms with E-state index < -0.39 is 38.2 Å². The average molecular weight is 565 g/mol. The molecule has 0 spiro atoms. The normalized spacial score (nSPS) is 19.2. The van der Waals surface area contributed by atoms with Crippen LogP contribution < -0.4 is 16.0 Å². The summed E-state index contributed by atoms with van der Waals surface area (Å²) in [5, 5.41) is 1.47. The molecule has 0 saturated heterocycles. The molecule has 12 heteroatoms. The van der Waals surface area contributed by atoms with Crippen molar-refractivity contribution in [3.63, 3.8) is 0 Å². The minimum absolute atomic E-state index is 0.0681. The minimum atomic E-state index is -4.29. The Kier molecular flexibility index (Phi) is 6.89. The summed E-state index contributed by atoms with van der Waals surface area (Å²) in [6, 6.07) is 13.0. The third kappa shape index (κ3) is 4.61. The molecule has 0 radical (unpaired) electrons. The molecule has 182 valence electrons. The van der Waals surface area contributed by atoms with Gasteiger partial charge in [0.1, 0.15) is 0 Å². The van der Waals surface area contributed by atoms with E-state index in [9.17, 15) is 13.3 Å². The van der Waals surface area contributed by atoms with Crippen molar-refractivity contribution in [1.29, 1.82) is 0 Å². The van der Waals surface area contributed by atoms with Gasteiger partial charge in [-0.3, -0.25) is 0 Å². The van der Waals surface area contributed by atoms with Crippen LogP contribution in [0.25, 0.3) is 10.9 Å². The topological polar surface area (TPSA) is 135 Å². The van der Waals surface area contributed by atoms with Crippen LogP contribution in [0.15, 0.2) is 47.4 Å². The molecule has 1 aromatic heterocycles. The number of nitrogens with two attached hydrogens (primary N) is 1. The van der Waals surface area contributed by atoms with Crippen molar-refractivity contribution < 1.29 is 46.3 Å². The first kappa shape index (κ1) is 25.0. The van der Waals surface area contributed by atoms with Crippen molar-refractivity contribution in [3.05, 3.63) is 53.6 Å². The molecule has 1 fully saturated rings. The third-order valence-corrected chi connectivity index (χ3v) is 25.9. The van der Waals surface area contributed by atoms with Gasteiger partial charge in [-0.2, -0.15) is 0 Å². The number of nitrogens with one attached hydrogen (secondary N) is 1. The number of aromatic nitrogens is 2. The number of aryl methyl sites for hydroxylation is 1. The number of anilines is 2. The fourth-order valence-electron chi connectivity index (χ4n) is 4.77. The Labute approximate surface area is 214 Å². The fraction of sp³-hybridized carbons (Fsp3) is 0.391. The SMILES string of the molecule is Cc1ccc2nc(N3CC[S]([Ti](=[O])=[O])([Ti](=[O])=[O])c4ccccc4C3)nc(NCC3(N)CCC3)c2c1. The Morgan fingerprint density at radius 1 is 1.09 bits per heavy atom. The molecule has 0 atom stereocenters. The maximum atomic E-state index is 12.5. The van der Waals surface area contributed by atoms with Gasteiger partial charge in [0.15, 0.2) is 0 Å². The average Bonchev–Trinajstić information content (AvgIpc) is 2.99. The third-order valence-electron chi connectivity index (χ3n) is 7.03. The Balaban J connectivity index is 1.58. The van der Waals surface area contributed by atoms with E-state index in [1.54, 1.807) is 12.1 Å². The van der Waals surface area contributed by atoms with Crippen molar-refractivity contribution in [3.8, 4) is 0 Å². The summed E-state index contributed by atoms with van der Waals surface area (Å²) < 4.78 is 50.0. The second-order valence-electron chi connectivity index (χ2n) is 9.43. The standard InChI is InChI=1S/C23H27N5S.4O.2Ti/c1-16-7-8-19-18(13-16)21(25-15-23(24)9-4-10-23)27-22(26-19)28-11-12-29-20-6-3-2-5-17(20)14-28;;;;;;/h2-3,5-8,13H,4,9-12,14-15,24H2,1H3,(H,25,26,27);;;;;;. The summed E-state index contributed by atoms with van der Waals surface area (Å²) in [5.74, 6) is 1.20. The van der Waals surface area contributed by atoms with Crippen LogP contribution in [0, 0.1) is 6.92 Å². The van der Waals surface area contributed by atoms with Gasteiger partial charge >= 0.3 is 216 Å². The Bertz CT molecular complexity index is 1420. The monoisotopic (exact) mass is 565 g/mol. The van der Waals surface area contributed by atoms with E-state index in [4.69, 9.17) is 15.7 Å². The van der Waals surface area contributed by atoms with Crippen molar-refractivity contribution >= 4 is 27.9 Å². The molecule has 1 aliphatic carbocycles. The molecule has 3 N–H and O–H groups in total. The van der Waals surface area contributed by atoms with Crippen LogP contribution in [0.5, 0.6) is 0 Å². The molecule has 3 aromatic rings. The van der Waals surface area contributed by atoms with E-state index in [2.05, 4.69) is 5.32 Å². The first-order valence-electron chi connectivity index (χ1n) is 11.6. The molecule has 1 aliphatic heterocycles. The molecule has 2 aromatic carbocycles. The number of rotatable bonds is 6. The van der Waals surface area contributed by atoms with E-state index in [0.29, 0.717) is 35.3 Å². The molecule has 0 amide bonds. The maximum absolute atomic E-state index is 12.5. The summed E-state index contributed by atoms with van der Waals surface area (Å²) in [7, 11) is 0. The van der Waals surface area contributed by atoms with Crippen molar-refractivity contribution in [2.24, 2.45) is 5.73 Å². The Morgan fingerprint density at radius 3 is 2.51 bits per heavy atom. The summed E-state index contributed by atoms with van der Waals surface area (Å²) in [6.07, 6.45) is 3.06. The first-order valence-corrected chi connectivity index (χ1v) is 19.8. The number of hydrogen-bond acceptors (Lipinski definition) is 9. The first-order chi connectivity index (χ1) is 16.7. The van der Waals surface area contributed by atoms with E-state index in [1.807, 2.05) is 42.2 Å². The van der Waals surface area contributed by atoms with Gasteiger partial charge in [0.25, 0.3) is 0 Å².